The zero-order valence-corrected chi connectivity index (χ0v) is 36.5. The van der Waals surface area contributed by atoms with Gasteiger partial charge >= 0.3 is 63.3 Å². The Balaban J connectivity index is 0.0000250. The summed E-state index contributed by atoms with van der Waals surface area (Å²) >= 11 is 0. The second-order valence-electron chi connectivity index (χ2n) is 13.6. The van der Waals surface area contributed by atoms with Crippen molar-refractivity contribution in [2.24, 2.45) is 0 Å². The average Bonchev–Trinajstić information content (AvgIpc) is 3.10. The van der Waals surface area contributed by atoms with E-state index in [1.807, 2.05) is 0 Å². The summed E-state index contributed by atoms with van der Waals surface area (Å²) in [5.74, 6) is -1.86. The van der Waals surface area contributed by atoms with Crippen LogP contribution in [0.5, 0.6) is 0 Å². The molecule has 1 rings (SSSR count). The van der Waals surface area contributed by atoms with E-state index in [4.69, 9.17) is 9.47 Å². The van der Waals surface area contributed by atoms with Gasteiger partial charge in [-0.15, -0.1) is 0 Å². The van der Waals surface area contributed by atoms with Crippen LogP contribution in [0.25, 0.3) is 0 Å². The summed E-state index contributed by atoms with van der Waals surface area (Å²) in [4.78, 5) is 25.1. The predicted molar refractivity (Wildman–Crippen MR) is 205 cm³/mol. The molecule has 0 aromatic heterocycles. The maximum atomic E-state index is 13.0. The molecule has 0 aliphatic heterocycles. The fourth-order valence-corrected chi connectivity index (χ4v) is 6.63. The van der Waals surface area contributed by atoms with Crippen molar-refractivity contribution in [2.45, 2.75) is 186 Å². The van der Waals surface area contributed by atoms with Gasteiger partial charge in [-0.2, -0.15) is 0 Å². The maximum Gasteiger partial charge on any atom is 1.00 e. The van der Waals surface area contributed by atoms with E-state index in [-0.39, 0.29) is 70.2 Å². The Morgan fingerprint density at radius 2 is 0.902 bits per heavy atom. The number of ether oxygens (including phenoxy) is 2. The van der Waals surface area contributed by atoms with Gasteiger partial charge in [0.2, 0.25) is 0 Å². The third kappa shape index (κ3) is 27.4. The largest absolute Gasteiger partial charge is 1.00 e. The smallest absolute Gasteiger partial charge is 0.744 e. The summed E-state index contributed by atoms with van der Waals surface area (Å²) in [7, 11) is -5.02. The topological polar surface area (TPSA) is 110 Å². The van der Waals surface area contributed by atoms with Crippen LogP contribution in [0.3, 0.4) is 0 Å². The van der Waals surface area contributed by atoms with Gasteiger partial charge in [-0.3, -0.25) is 0 Å². The molecule has 0 bridgehead atoms. The average molecular weight is 757 g/mol. The Bertz CT molecular complexity index is 1180. The molecule has 0 heterocycles. The molecule has 0 saturated heterocycles. The molecule has 0 fully saturated rings. The Kier molecular flexibility index (Phi) is 34.4. The Morgan fingerprint density at radius 1 is 0.549 bits per heavy atom. The number of carbonyl (C=O) groups excluding carboxylic acids is 2. The van der Waals surface area contributed by atoms with Crippen molar-refractivity contribution in [1.82, 2.24) is 0 Å². The van der Waals surface area contributed by atoms with Crippen LogP contribution < -0.4 is 51.4 Å². The Hall–Kier alpha value is -0.814. The van der Waals surface area contributed by atoms with Crippen molar-refractivity contribution < 1.29 is 83.4 Å². The summed E-state index contributed by atoms with van der Waals surface area (Å²) in [6.45, 7) is 4.67. The standard InChI is InChI=1S/C42H70O7S.K/c1-3-5-7-9-11-13-15-17-19-21-23-25-27-29-31-36-48-41(43)38-34-33-35-39(50(45,46)47)40(38)42(44)49-37-32-30-28-26-24-22-20-18-16-14-12-10-8-6-4-2;/h23-26,33-35H,3-22,27-32,36-37H2,1-2H3,(H,45,46,47);/q;+1/p-1/b25-23+,26-24+;. The van der Waals surface area contributed by atoms with Gasteiger partial charge in [0, 0.05) is 0 Å². The van der Waals surface area contributed by atoms with Crippen LogP contribution in [0, 0.1) is 0 Å². The molecular formula is C42H69KO7S. The third-order valence-electron chi connectivity index (χ3n) is 9.00. The molecule has 1 aromatic rings. The molecule has 0 N–H and O–H groups in total. The number of rotatable bonds is 33. The van der Waals surface area contributed by atoms with Gasteiger partial charge < -0.3 is 14.0 Å². The molecular weight excluding hydrogens is 688 g/mol. The van der Waals surface area contributed by atoms with Crippen molar-refractivity contribution >= 4 is 22.1 Å². The van der Waals surface area contributed by atoms with Gasteiger partial charge in [0.1, 0.15) is 10.1 Å². The fourth-order valence-electron chi connectivity index (χ4n) is 5.95. The first-order valence-electron chi connectivity index (χ1n) is 20.1. The minimum atomic E-state index is -5.02. The van der Waals surface area contributed by atoms with E-state index in [0.717, 1.165) is 44.6 Å². The number of allylic oxidation sites excluding steroid dienone is 4. The van der Waals surface area contributed by atoms with Crippen molar-refractivity contribution in [3.63, 3.8) is 0 Å². The molecule has 1 aromatic carbocycles. The van der Waals surface area contributed by atoms with Crippen LogP contribution in [0.2, 0.25) is 0 Å². The van der Waals surface area contributed by atoms with Crippen LogP contribution in [-0.2, 0) is 19.6 Å². The van der Waals surface area contributed by atoms with Crippen LogP contribution in [0.15, 0.2) is 47.4 Å². The number of unbranched alkanes of at least 4 members (excludes halogenated alkanes) is 22. The summed E-state index contributed by atoms with van der Waals surface area (Å²) < 4.78 is 46.5. The molecule has 7 nitrogen and oxygen atoms in total. The van der Waals surface area contributed by atoms with Crippen molar-refractivity contribution in [3.05, 3.63) is 53.6 Å². The summed E-state index contributed by atoms with van der Waals surface area (Å²) in [5, 5.41) is 0. The zero-order chi connectivity index (χ0) is 36.5. The van der Waals surface area contributed by atoms with Crippen molar-refractivity contribution in [1.29, 1.82) is 0 Å². The molecule has 0 amide bonds. The van der Waals surface area contributed by atoms with Gasteiger partial charge in [-0.25, -0.2) is 18.0 Å². The third-order valence-corrected chi connectivity index (χ3v) is 9.88. The van der Waals surface area contributed by atoms with E-state index in [0.29, 0.717) is 12.8 Å². The quantitative estimate of drug-likeness (QED) is 0.0231. The van der Waals surface area contributed by atoms with Gasteiger partial charge in [0.15, 0.2) is 0 Å². The van der Waals surface area contributed by atoms with Crippen LogP contribution in [-0.4, -0.2) is 38.1 Å². The number of benzene rings is 1. The Morgan fingerprint density at radius 3 is 1.29 bits per heavy atom. The van der Waals surface area contributed by atoms with Gasteiger partial charge in [-0.1, -0.05) is 147 Å². The van der Waals surface area contributed by atoms with E-state index < -0.39 is 32.5 Å². The summed E-state index contributed by atoms with van der Waals surface area (Å²) in [6, 6.07) is 3.58. The van der Waals surface area contributed by atoms with Gasteiger partial charge in [0.25, 0.3) is 0 Å². The molecule has 9 heteroatoms. The van der Waals surface area contributed by atoms with E-state index >= 15 is 0 Å². The molecule has 51 heavy (non-hydrogen) atoms. The monoisotopic (exact) mass is 756 g/mol. The van der Waals surface area contributed by atoms with Crippen LogP contribution >= 0.6 is 0 Å². The normalized spacial score (nSPS) is 11.7. The molecule has 0 atom stereocenters. The van der Waals surface area contributed by atoms with Crippen LogP contribution in [0.4, 0.5) is 0 Å². The van der Waals surface area contributed by atoms with Gasteiger partial charge in [-0.05, 0) is 76.3 Å². The molecule has 0 aliphatic carbocycles. The first-order chi connectivity index (χ1) is 24.3. The first kappa shape index (κ1) is 50.2. The number of esters is 2. The fraction of sp³-hybridized carbons (Fsp3) is 0.714. The molecule has 0 radical (unpaired) electrons. The number of hydrogen-bond donors (Lipinski definition) is 0. The van der Waals surface area contributed by atoms with Crippen molar-refractivity contribution in [3.8, 4) is 0 Å². The first-order valence-corrected chi connectivity index (χ1v) is 21.5. The van der Waals surface area contributed by atoms with E-state index in [1.54, 1.807) is 0 Å². The van der Waals surface area contributed by atoms with Crippen molar-refractivity contribution in [2.75, 3.05) is 13.2 Å². The molecule has 286 valence electrons. The minimum absolute atomic E-state index is 0. The number of carbonyl (C=O) groups is 2. The van der Waals surface area contributed by atoms with E-state index in [1.165, 1.54) is 128 Å². The SMILES string of the molecule is CCCCCCCCCCC/C=C/CCCCOC(=O)c1cccc(S(=O)(=O)[O-])c1C(=O)OCCCC/C=C/CCCCCCCCCCC.[K+]. The molecule has 0 aliphatic rings. The molecule has 0 saturated carbocycles. The Labute approximate surface area is 354 Å². The maximum absolute atomic E-state index is 13.0. The predicted octanol–water partition coefficient (Wildman–Crippen LogP) is 9.20. The van der Waals surface area contributed by atoms with E-state index in [2.05, 4.69) is 38.2 Å². The minimum Gasteiger partial charge on any atom is -0.744 e. The van der Waals surface area contributed by atoms with Gasteiger partial charge in [0.05, 0.1) is 29.2 Å². The molecule has 0 spiro atoms. The second kappa shape index (κ2) is 34.9. The summed E-state index contributed by atoms with van der Waals surface area (Å²) in [5.41, 5.74) is -0.819. The second-order valence-corrected chi connectivity index (χ2v) is 14.9. The zero-order valence-electron chi connectivity index (χ0n) is 32.6. The number of hydrogen-bond acceptors (Lipinski definition) is 7. The molecule has 0 unspecified atom stereocenters. The van der Waals surface area contributed by atoms with Crippen LogP contribution in [0.1, 0.15) is 202 Å². The summed E-state index contributed by atoms with van der Waals surface area (Å²) in [6.07, 6.45) is 39.1. The van der Waals surface area contributed by atoms with E-state index in [9.17, 15) is 22.6 Å².